The number of ether oxygens (including phenoxy) is 2. The van der Waals surface area contributed by atoms with Crippen molar-refractivity contribution < 1.29 is 42.6 Å². The maximum Gasteiger partial charge on any atom is 0.300 e. The molecule has 3 heterocycles. The van der Waals surface area contributed by atoms with Gasteiger partial charge in [-0.3, -0.25) is 4.79 Å². The zero-order valence-corrected chi connectivity index (χ0v) is 15.3. The number of rotatable bonds is 6. The number of likely N-dealkylation sites (tertiary alicyclic amines) is 1. The van der Waals surface area contributed by atoms with Gasteiger partial charge in [0.1, 0.15) is 5.44 Å². The number of nitrogens with zero attached hydrogens (tertiary/aromatic N) is 2. The molecule has 2 unspecified atom stereocenters. The van der Waals surface area contributed by atoms with E-state index in [4.69, 9.17) is 9.47 Å². The maximum absolute atomic E-state index is 11.9. The Hall–Kier alpha value is -0.710. The molecule has 3 aliphatic heterocycles. The molecule has 2 atom stereocenters. The van der Waals surface area contributed by atoms with Crippen molar-refractivity contribution >= 4 is 15.1 Å². The first-order valence-corrected chi connectivity index (χ1v) is 10.2. The van der Waals surface area contributed by atoms with Crippen molar-refractivity contribution in [1.82, 2.24) is 15.1 Å². The number of piperidine rings is 1. The number of carbonyl (C=O) groups excluding carboxylic acids is 1. The monoisotopic (exact) mass is 397 g/mol. The first-order valence-electron chi connectivity index (χ1n) is 8.04. The zero-order chi connectivity index (χ0) is 17.9. The van der Waals surface area contributed by atoms with Gasteiger partial charge in [0.25, 0.3) is 8.81 Å². The number of morpholine rings is 1. The molecule has 2 fully saturated rings. The second kappa shape index (κ2) is 7.89. The fraction of sp³-hybridized carbons (Fsp3) is 0.769. The van der Waals surface area contributed by atoms with Crippen LogP contribution in [0.3, 0.4) is 0 Å². The Kier molecular flexibility index (Phi) is 6.02. The van der Waals surface area contributed by atoms with Crippen LogP contribution in [0.25, 0.3) is 0 Å². The van der Waals surface area contributed by atoms with Gasteiger partial charge in [-0.2, -0.15) is 14.0 Å². The molecule has 0 amide bonds. The molecule has 142 valence electrons. The molecule has 0 aromatic rings. The van der Waals surface area contributed by atoms with Gasteiger partial charge in [-0.1, -0.05) is 0 Å². The van der Waals surface area contributed by atoms with Crippen molar-refractivity contribution in [2.45, 2.75) is 25.1 Å². The summed E-state index contributed by atoms with van der Waals surface area (Å²) in [6.45, 7) is 3.33. The van der Waals surface area contributed by atoms with Gasteiger partial charge in [0.15, 0.2) is 0 Å². The van der Waals surface area contributed by atoms with Crippen LogP contribution in [-0.2, 0) is 18.3 Å². The highest BCUT2D eigenvalue weighted by atomic mass is 35.7. The smallest absolute Gasteiger partial charge is 0.300 e. The van der Waals surface area contributed by atoms with Crippen molar-refractivity contribution in [3.63, 3.8) is 0 Å². The molecular weight excluding hydrogens is 377 g/mol. The van der Waals surface area contributed by atoms with Crippen LogP contribution in [0.1, 0.15) is 19.3 Å². The standard InChI is InChI=1S/C13H21ClN3O7P/c18-10-13(17-6-8-22-9-7-17)15-11(25-24-14(19,20)21)12(23-13)16-4-2-1-3-5-16/h10,15,25H,1-9H2. The zero-order valence-electron chi connectivity index (χ0n) is 13.6. The minimum absolute atomic E-state index is 0.299. The third kappa shape index (κ3) is 4.53. The van der Waals surface area contributed by atoms with Crippen molar-refractivity contribution in [2.75, 3.05) is 39.4 Å². The SMILES string of the molecule is O=CC1(N2CCOCC2)NC(PO[Cl+3]([O-])([O-])[O-])=C(N2CCCCC2)O1. The van der Waals surface area contributed by atoms with E-state index in [2.05, 4.69) is 9.39 Å². The molecule has 0 aliphatic carbocycles. The molecule has 3 aliphatic rings. The molecule has 0 radical (unpaired) electrons. The Balaban J connectivity index is 1.80. The predicted octanol–water partition coefficient (Wildman–Crippen LogP) is -3.09. The lowest BCUT2D eigenvalue weighted by atomic mass is 10.1. The predicted molar refractivity (Wildman–Crippen MR) is 77.3 cm³/mol. The molecule has 12 heteroatoms. The molecule has 0 saturated carbocycles. The second-order valence-corrected chi connectivity index (χ2v) is 8.00. The fourth-order valence-electron chi connectivity index (χ4n) is 3.10. The summed E-state index contributed by atoms with van der Waals surface area (Å²) in [6.07, 6.45) is 3.67. The van der Waals surface area contributed by atoms with Crippen LogP contribution >= 0.6 is 8.81 Å². The molecule has 0 bridgehead atoms. The lowest BCUT2D eigenvalue weighted by Gasteiger charge is -2.39. The number of aldehydes is 1. The van der Waals surface area contributed by atoms with Crippen LogP contribution in [-0.4, -0.2) is 61.3 Å². The number of nitrogens with one attached hydrogen (secondary N) is 1. The molecule has 25 heavy (non-hydrogen) atoms. The summed E-state index contributed by atoms with van der Waals surface area (Å²) in [5.41, 5.74) is 0.299. The summed E-state index contributed by atoms with van der Waals surface area (Å²) in [4.78, 5) is 15.6. The molecule has 10 nitrogen and oxygen atoms in total. The van der Waals surface area contributed by atoms with Crippen LogP contribution in [0.4, 0.5) is 0 Å². The number of carbonyl (C=O) groups is 1. The quantitative estimate of drug-likeness (QED) is 0.363. The van der Waals surface area contributed by atoms with E-state index in [9.17, 15) is 18.8 Å². The highest BCUT2D eigenvalue weighted by Crippen LogP contribution is 2.39. The highest BCUT2D eigenvalue weighted by Gasteiger charge is 2.49. The van der Waals surface area contributed by atoms with Gasteiger partial charge in [-0.05, 0) is 19.3 Å². The molecule has 0 spiro atoms. The summed E-state index contributed by atoms with van der Waals surface area (Å²) in [5.74, 6) is -1.07. The van der Waals surface area contributed by atoms with Crippen molar-refractivity contribution in [2.24, 2.45) is 0 Å². The third-order valence-corrected chi connectivity index (χ3v) is 5.90. The van der Waals surface area contributed by atoms with Crippen LogP contribution in [0.2, 0.25) is 0 Å². The van der Waals surface area contributed by atoms with Crippen molar-refractivity contribution in [1.29, 1.82) is 0 Å². The van der Waals surface area contributed by atoms with E-state index in [0.29, 0.717) is 43.9 Å². The summed E-state index contributed by atoms with van der Waals surface area (Å²) in [7, 11) is -5.36. The van der Waals surface area contributed by atoms with Gasteiger partial charge in [-0.25, -0.2) is 4.90 Å². The maximum atomic E-state index is 11.9. The van der Waals surface area contributed by atoms with E-state index >= 15 is 0 Å². The number of halogens is 1. The Labute approximate surface area is 149 Å². The van der Waals surface area contributed by atoms with E-state index < -0.39 is 24.9 Å². The van der Waals surface area contributed by atoms with E-state index in [1.54, 1.807) is 4.90 Å². The summed E-state index contributed by atoms with van der Waals surface area (Å²) < 4.78 is 48.1. The molecule has 1 N–H and O–H groups in total. The van der Waals surface area contributed by atoms with Crippen LogP contribution in [0.15, 0.2) is 11.3 Å². The van der Waals surface area contributed by atoms with Crippen molar-refractivity contribution in [3.05, 3.63) is 11.3 Å². The van der Waals surface area contributed by atoms with E-state index in [-0.39, 0.29) is 0 Å². The highest BCUT2D eigenvalue weighted by molar-refractivity contribution is 7.37. The van der Waals surface area contributed by atoms with Gasteiger partial charge in [0, 0.05) is 26.2 Å². The Morgan fingerprint density at radius 2 is 1.84 bits per heavy atom. The van der Waals surface area contributed by atoms with Crippen LogP contribution in [0, 0.1) is 10.2 Å². The summed E-state index contributed by atoms with van der Waals surface area (Å²) in [5, 5.41) is 2.94. The number of hydrogen-bond acceptors (Lipinski definition) is 10. The van der Waals surface area contributed by atoms with E-state index in [1.807, 2.05) is 4.90 Å². The average molecular weight is 398 g/mol. The Bertz CT molecular complexity index is 520. The largest absolute Gasteiger partial charge is 0.430 e. The van der Waals surface area contributed by atoms with Crippen LogP contribution < -0.4 is 19.3 Å². The normalized spacial score (nSPS) is 29.2. The molecule has 2 saturated heterocycles. The van der Waals surface area contributed by atoms with Gasteiger partial charge >= 0.3 is 5.85 Å². The molecular formula is C13H21ClN3O7P. The van der Waals surface area contributed by atoms with Gasteiger partial charge in [-0.15, -0.1) is 0 Å². The van der Waals surface area contributed by atoms with E-state index in [0.717, 1.165) is 32.4 Å². The lowest BCUT2D eigenvalue weighted by Crippen LogP contribution is -2.62. The molecule has 0 aromatic heterocycles. The molecule has 3 rings (SSSR count). The minimum Gasteiger partial charge on any atom is -0.430 e. The minimum atomic E-state index is -4.56. The third-order valence-electron chi connectivity index (χ3n) is 4.29. The topological polar surface area (TPSA) is 132 Å². The fourth-order valence-corrected chi connectivity index (χ4v) is 4.31. The average Bonchev–Trinajstić information content (AvgIpc) is 3.01. The second-order valence-electron chi connectivity index (χ2n) is 5.93. The summed E-state index contributed by atoms with van der Waals surface area (Å²) >= 11 is 0. The van der Waals surface area contributed by atoms with Gasteiger partial charge < -0.3 is 19.7 Å². The Morgan fingerprint density at radius 1 is 1.16 bits per heavy atom. The van der Waals surface area contributed by atoms with E-state index in [1.165, 1.54) is 0 Å². The lowest BCUT2D eigenvalue weighted by molar-refractivity contribution is -1.91. The Morgan fingerprint density at radius 3 is 2.44 bits per heavy atom. The number of hydrogen-bond donors (Lipinski definition) is 1. The van der Waals surface area contributed by atoms with Gasteiger partial charge in [0.05, 0.1) is 27.5 Å². The van der Waals surface area contributed by atoms with Gasteiger partial charge in [0.2, 0.25) is 12.2 Å². The summed E-state index contributed by atoms with van der Waals surface area (Å²) in [6, 6.07) is 0. The molecule has 0 aromatic carbocycles. The first kappa shape index (κ1) is 19.1. The van der Waals surface area contributed by atoms with Crippen LogP contribution in [0.5, 0.6) is 0 Å². The van der Waals surface area contributed by atoms with Crippen molar-refractivity contribution in [3.8, 4) is 0 Å². The first-order chi connectivity index (χ1) is 11.9.